The van der Waals surface area contributed by atoms with Crippen molar-refractivity contribution < 1.29 is 0 Å². The Morgan fingerprint density at radius 1 is 1.19 bits per heavy atom. The van der Waals surface area contributed by atoms with Gasteiger partial charge in [-0.25, -0.2) is 4.98 Å². The summed E-state index contributed by atoms with van der Waals surface area (Å²) < 4.78 is 1.33. The number of hydrogen-bond donors (Lipinski definition) is 0. The van der Waals surface area contributed by atoms with Gasteiger partial charge in [0.15, 0.2) is 5.13 Å². The van der Waals surface area contributed by atoms with Gasteiger partial charge in [-0.1, -0.05) is 17.4 Å². The number of anilines is 1. The Kier molecular flexibility index (Phi) is 2.36. The lowest BCUT2D eigenvalue weighted by Gasteiger charge is -2.11. The molecular weight excluding hydrogens is 216 g/mol. The Morgan fingerprint density at radius 2 is 1.94 bits per heavy atom. The molecule has 0 N–H and O–H groups in total. The number of thiazole rings is 1. The van der Waals surface area contributed by atoms with E-state index in [2.05, 4.69) is 30.9 Å². The van der Waals surface area contributed by atoms with E-state index in [-0.39, 0.29) is 0 Å². The number of nitrogens with zero attached hydrogens (tertiary/aromatic N) is 2. The van der Waals surface area contributed by atoms with Crippen LogP contribution in [0.4, 0.5) is 5.13 Å². The van der Waals surface area contributed by atoms with E-state index in [1.165, 1.54) is 52.4 Å². The molecule has 2 nitrogen and oxygen atoms in total. The maximum absolute atomic E-state index is 4.78. The Bertz CT molecular complexity index is 524. The molecule has 1 fully saturated rings. The van der Waals surface area contributed by atoms with Crippen molar-refractivity contribution in [1.29, 1.82) is 0 Å². The first-order valence-corrected chi connectivity index (χ1v) is 6.68. The van der Waals surface area contributed by atoms with Gasteiger partial charge < -0.3 is 4.90 Å². The fraction of sp³-hybridized carbons (Fsp3) is 0.462. The lowest BCUT2D eigenvalue weighted by Crippen LogP contribution is -2.16. The molecule has 0 atom stereocenters. The fourth-order valence-corrected chi connectivity index (χ4v) is 3.60. The Morgan fingerprint density at radius 3 is 2.69 bits per heavy atom. The van der Waals surface area contributed by atoms with Gasteiger partial charge in [0.1, 0.15) is 0 Å². The van der Waals surface area contributed by atoms with Crippen LogP contribution in [0.3, 0.4) is 0 Å². The molecule has 3 heteroatoms. The van der Waals surface area contributed by atoms with Gasteiger partial charge in [-0.15, -0.1) is 0 Å². The monoisotopic (exact) mass is 232 g/mol. The molecule has 2 aromatic rings. The highest BCUT2D eigenvalue weighted by atomic mass is 32.1. The van der Waals surface area contributed by atoms with E-state index in [0.29, 0.717) is 0 Å². The number of hydrogen-bond acceptors (Lipinski definition) is 3. The number of aromatic nitrogens is 1. The minimum Gasteiger partial charge on any atom is -0.348 e. The molecule has 1 aromatic carbocycles. The second-order valence-electron chi connectivity index (χ2n) is 4.62. The Hall–Kier alpha value is -1.09. The summed E-state index contributed by atoms with van der Waals surface area (Å²) in [5, 5.41) is 1.21. The molecule has 1 aromatic heterocycles. The fourth-order valence-electron chi connectivity index (χ4n) is 2.40. The smallest absolute Gasteiger partial charge is 0.186 e. The van der Waals surface area contributed by atoms with Crippen LogP contribution >= 0.6 is 11.3 Å². The number of benzene rings is 1. The lowest BCUT2D eigenvalue weighted by atomic mass is 10.1. The third-order valence-electron chi connectivity index (χ3n) is 3.20. The van der Waals surface area contributed by atoms with Crippen LogP contribution in [0.5, 0.6) is 0 Å². The van der Waals surface area contributed by atoms with E-state index in [0.717, 1.165) is 0 Å². The largest absolute Gasteiger partial charge is 0.348 e. The molecule has 0 spiro atoms. The predicted molar refractivity (Wildman–Crippen MR) is 70.5 cm³/mol. The summed E-state index contributed by atoms with van der Waals surface area (Å²) >= 11 is 1.84. The van der Waals surface area contributed by atoms with Crippen LogP contribution in [0.25, 0.3) is 10.2 Å². The molecule has 0 radical (unpaired) electrons. The first kappa shape index (κ1) is 10.1. The van der Waals surface area contributed by atoms with E-state index in [1.54, 1.807) is 0 Å². The van der Waals surface area contributed by atoms with Crippen molar-refractivity contribution in [1.82, 2.24) is 4.98 Å². The maximum atomic E-state index is 4.78. The average Bonchev–Trinajstić information content (AvgIpc) is 2.82. The molecule has 0 saturated carbocycles. The zero-order valence-electron chi connectivity index (χ0n) is 9.79. The number of aryl methyl sites for hydroxylation is 2. The second kappa shape index (κ2) is 3.74. The van der Waals surface area contributed by atoms with E-state index in [1.807, 2.05) is 11.3 Å². The van der Waals surface area contributed by atoms with Gasteiger partial charge in [-0.05, 0) is 43.9 Å². The third kappa shape index (κ3) is 1.59. The summed E-state index contributed by atoms with van der Waals surface area (Å²) in [6.07, 6.45) is 2.63. The van der Waals surface area contributed by atoms with Crippen LogP contribution < -0.4 is 4.90 Å². The zero-order chi connectivity index (χ0) is 11.1. The highest BCUT2D eigenvalue weighted by Crippen LogP contribution is 2.32. The van der Waals surface area contributed by atoms with Gasteiger partial charge >= 0.3 is 0 Å². The van der Waals surface area contributed by atoms with Gasteiger partial charge in [-0.2, -0.15) is 0 Å². The van der Waals surface area contributed by atoms with Crippen LogP contribution in [0.1, 0.15) is 24.0 Å². The summed E-state index contributed by atoms with van der Waals surface area (Å²) in [5.74, 6) is 0. The van der Waals surface area contributed by atoms with Crippen molar-refractivity contribution in [2.75, 3.05) is 18.0 Å². The maximum Gasteiger partial charge on any atom is 0.186 e. The van der Waals surface area contributed by atoms with Crippen LogP contribution in [0.2, 0.25) is 0 Å². The van der Waals surface area contributed by atoms with Crippen LogP contribution in [0, 0.1) is 13.8 Å². The standard InChI is InChI=1S/C13H16N2S/c1-9-7-10(2)12-11(8-9)16-13(14-12)15-5-3-4-6-15/h7-8H,3-6H2,1-2H3. The molecule has 0 amide bonds. The van der Waals surface area contributed by atoms with Crippen molar-refractivity contribution in [3.63, 3.8) is 0 Å². The highest BCUT2D eigenvalue weighted by Gasteiger charge is 2.16. The number of fused-ring (bicyclic) bond motifs is 1. The highest BCUT2D eigenvalue weighted by molar-refractivity contribution is 7.22. The van der Waals surface area contributed by atoms with Crippen LogP contribution in [-0.2, 0) is 0 Å². The zero-order valence-corrected chi connectivity index (χ0v) is 10.6. The van der Waals surface area contributed by atoms with Gasteiger partial charge in [0.2, 0.25) is 0 Å². The molecule has 3 rings (SSSR count). The van der Waals surface area contributed by atoms with Gasteiger partial charge in [0.25, 0.3) is 0 Å². The van der Waals surface area contributed by atoms with E-state index in [4.69, 9.17) is 4.98 Å². The molecule has 0 aliphatic carbocycles. The summed E-state index contributed by atoms with van der Waals surface area (Å²) in [6.45, 7) is 6.67. The Balaban J connectivity index is 2.11. The number of rotatable bonds is 1. The molecule has 1 aliphatic heterocycles. The van der Waals surface area contributed by atoms with Crippen molar-refractivity contribution in [2.45, 2.75) is 26.7 Å². The van der Waals surface area contributed by atoms with Crippen molar-refractivity contribution in [3.05, 3.63) is 23.3 Å². The third-order valence-corrected chi connectivity index (χ3v) is 4.26. The summed E-state index contributed by atoms with van der Waals surface area (Å²) in [7, 11) is 0. The molecule has 1 saturated heterocycles. The summed E-state index contributed by atoms with van der Waals surface area (Å²) in [4.78, 5) is 7.20. The van der Waals surface area contributed by atoms with Gasteiger partial charge in [0, 0.05) is 13.1 Å². The topological polar surface area (TPSA) is 16.1 Å². The minimum atomic E-state index is 1.18. The average molecular weight is 232 g/mol. The SMILES string of the molecule is Cc1cc(C)c2nc(N3CCCC3)sc2c1. The quantitative estimate of drug-likeness (QED) is 0.748. The first-order chi connectivity index (χ1) is 7.74. The predicted octanol–water partition coefficient (Wildman–Crippen LogP) is 3.51. The molecule has 84 valence electrons. The first-order valence-electron chi connectivity index (χ1n) is 5.87. The van der Waals surface area contributed by atoms with Crippen LogP contribution in [0.15, 0.2) is 12.1 Å². The molecule has 16 heavy (non-hydrogen) atoms. The van der Waals surface area contributed by atoms with E-state index in [9.17, 15) is 0 Å². The van der Waals surface area contributed by atoms with E-state index >= 15 is 0 Å². The van der Waals surface area contributed by atoms with Crippen molar-refractivity contribution in [2.24, 2.45) is 0 Å². The molecule has 2 heterocycles. The molecule has 0 bridgehead atoms. The summed E-state index contributed by atoms with van der Waals surface area (Å²) in [5.41, 5.74) is 3.83. The van der Waals surface area contributed by atoms with E-state index < -0.39 is 0 Å². The lowest BCUT2D eigenvalue weighted by molar-refractivity contribution is 0.949. The molecule has 1 aliphatic rings. The van der Waals surface area contributed by atoms with Crippen LogP contribution in [-0.4, -0.2) is 18.1 Å². The normalized spacial score (nSPS) is 16.2. The molecule has 0 unspecified atom stereocenters. The van der Waals surface area contributed by atoms with Gasteiger partial charge in [0.05, 0.1) is 10.2 Å². The Labute approximate surface area is 99.9 Å². The summed E-state index contributed by atoms with van der Waals surface area (Å²) in [6, 6.07) is 4.47. The second-order valence-corrected chi connectivity index (χ2v) is 5.63. The van der Waals surface area contributed by atoms with Crippen molar-refractivity contribution in [3.8, 4) is 0 Å². The minimum absolute atomic E-state index is 1.18. The molecular formula is C13H16N2S. The van der Waals surface area contributed by atoms with Crippen molar-refractivity contribution >= 4 is 26.7 Å². The van der Waals surface area contributed by atoms with Gasteiger partial charge in [-0.3, -0.25) is 0 Å².